The van der Waals surface area contributed by atoms with Gasteiger partial charge in [-0.2, -0.15) is 0 Å². The molecule has 21 heavy (non-hydrogen) atoms. The minimum atomic E-state index is -4.82. The molecule has 1 rings (SSSR count). The molecular formula is C14H19F3N2O2. The highest BCUT2D eigenvalue weighted by Gasteiger charge is 2.35. The number of amides is 1. The van der Waals surface area contributed by atoms with Crippen LogP contribution < -0.4 is 15.8 Å². The van der Waals surface area contributed by atoms with Gasteiger partial charge >= 0.3 is 6.36 Å². The smallest absolute Gasteiger partial charge is 0.404 e. The second-order valence-electron chi connectivity index (χ2n) is 4.69. The lowest BCUT2D eigenvalue weighted by molar-refractivity contribution is -0.274. The van der Waals surface area contributed by atoms with Crippen molar-refractivity contribution in [2.75, 3.05) is 11.9 Å². The Labute approximate surface area is 121 Å². The van der Waals surface area contributed by atoms with Crippen LogP contribution in [0.4, 0.5) is 18.9 Å². The highest BCUT2D eigenvalue weighted by Crippen LogP contribution is 2.32. The molecule has 0 heterocycles. The average molecular weight is 304 g/mol. The van der Waals surface area contributed by atoms with Gasteiger partial charge in [-0.05, 0) is 25.0 Å². The summed E-state index contributed by atoms with van der Waals surface area (Å²) in [5.41, 5.74) is 4.82. The number of halogens is 3. The van der Waals surface area contributed by atoms with Gasteiger partial charge in [0.15, 0.2) is 5.75 Å². The van der Waals surface area contributed by atoms with Gasteiger partial charge in [0.05, 0.1) is 11.1 Å². The third-order valence-electron chi connectivity index (χ3n) is 3.59. The van der Waals surface area contributed by atoms with E-state index < -0.39 is 23.4 Å². The van der Waals surface area contributed by atoms with Crippen molar-refractivity contribution in [3.05, 3.63) is 24.3 Å². The van der Waals surface area contributed by atoms with Crippen LogP contribution in [-0.4, -0.2) is 18.8 Å². The number of carbonyl (C=O) groups is 1. The first kappa shape index (κ1) is 17.3. The molecule has 1 aromatic carbocycles. The molecule has 0 aliphatic heterocycles. The van der Waals surface area contributed by atoms with Gasteiger partial charge in [0.1, 0.15) is 0 Å². The third-order valence-corrected chi connectivity index (χ3v) is 3.59. The van der Waals surface area contributed by atoms with Crippen LogP contribution in [0, 0.1) is 5.41 Å². The first-order chi connectivity index (χ1) is 9.78. The number of ether oxygens (including phenoxy) is 1. The fourth-order valence-electron chi connectivity index (χ4n) is 1.99. The molecule has 1 aromatic rings. The Morgan fingerprint density at radius 1 is 1.24 bits per heavy atom. The monoisotopic (exact) mass is 304 g/mol. The van der Waals surface area contributed by atoms with Crippen LogP contribution in [0.25, 0.3) is 0 Å². The van der Waals surface area contributed by atoms with Crippen LogP contribution in [0.3, 0.4) is 0 Å². The number of nitrogens with one attached hydrogen (secondary N) is 1. The van der Waals surface area contributed by atoms with Crippen molar-refractivity contribution in [2.24, 2.45) is 11.1 Å². The first-order valence-electron chi connectivity index (χ1n) is 6.64. The Hall–Kier alpha value is -1.76. The molecule has 0 radical (unpaired) electrons. The molecule has 0 fully saturated rings. The fourth-order valence-corrected chi connectivity index (χ4v) is 1.99. The van der Waals surface area contributed by atoms with E-state index in [1.807, 2.05) is 13.8 Å². The van der Waals surface area contributed by atoms with E-state index in [1.165, 1.54) is 18.2 Å². The van der Waals surface area contributed by atoms with Crippen molar-refractivity contribution in [3.63, 3.8) is 0 Å². The second kappa shape index (κ2) is 6.80. The summed E-state index contributed by atoms with van der Waals surface area (Å²) in [7, 11) is 0. The van der Waals surface area contributed by atoms with E-state index in [0.29, 0.717) is 12.8 Å². The van der Waals surface area contributed by atoms with Gasteiger partial charge in [0.2, 0.25) is 5.91 Å². The summed E-state index contributed by atoms with van der Waals surface area (Å²) in [5.74, 6) is -0.857. The Morgan fingerprint density at radius 2 is 1.81 bits per heavy atom. The summed E-state index contributed by atoms with van der Waals surface area (Å²) in [6, 6.07) is 5.41. The molecule has 0 saturated carbocycles. The van der Waals surface area contributed by atoms with Crippen LogP contribution in [0.1, 0.15) is 26.7 Å². The molecule has 0 bridgehead atoms. The van der Waals surface area contributed by atoms with E-state index in [-0.39, 0.29) is 12.2 Å². The Kier molecular flexibility index (Phi) is 5.60. The lowest BCUT2D eigenvalue weighted by atomic mass is 9.81. The minimum Gasteiger partial charge on any atom is -0.404 e. The molecule has 0 aromatic heterocycles. The average Bonchev–Trinajstić information content (AvgIpc) is 2.42. The van der Waals surface area contributed by atoms with Gasteiger partial charge in [0.25, 0.3) is 0 Å². The predicted octanol–water partition coefficient (Wildman–Crippen LogP) is 3.29. The van der Waals surface area contributed by atoms with Crippen LogP contribution in [0.2, 0.25) is 0 Å². The van der Waals surface area contributed by atoms with E-state index in [2.05, 4.69) is 10.1 Å². The van der Waals surface area contributed by atoms with E-state index >= 15 is 0 Å². The lowest BCUT2D eigenvalue weighted by Gasteiger charge is -2.28. The number of hydrogen-bond acceptors (Lipinski definition) is 3. The van der Waals surface area contributed by atoms with Crippen LogP contribution in [0.5, 0.6) is 5.75 Å². The number of rotatable bonds is 6. The standard InChI is InChI=1S/C14H19F3N2O2/c1-3-13(4-2,9-18)12(20)19-10-7-5-6-8-11(10)21-14(15,16)17/h5-8H,3-4,9,18H2,1-2H3,(H,19,20). The van der Waals surface area contributed by atoms with Gasteiger partial charge in [-0.1, -0.05) is 26.0 Å². The van der Waals surface area contributed by atoms with Gasteiger partial charge in [-0.15, -0.1) is 13.2 Å². The Morgan fingerprint density at radius 3 is 2.29 bits per heavy atom. The van der Waals surface area contributed by atoms with Crippen molar-refractivity contribution < 1.29 is 22.7 Å². The predicted molar refractivity (Wildman–Crippen MR) is 73.8 cm³/mol. The van der Waals surface area contributed by atoms with E-state index in [9.17, 15) is 18.0 Å². The molecule has 0 spiro atoms. The van der Waals surface area contributed by atoms with E-state index in [4.69, 9.17) is 5.73 Å². The number of para-hydroxylation sites is 2. The highest BCUT2D eigenvalue weighted by atomic mass is 19.4. The molecule has 0 aliphatic rings. The Bertz CT molecular complexity index is 477. The number of anilines is 1. The van der Waals surface area contributed by atoms with Crippen molar-refractivity contribution in [3.8, 4) is 5.75 Å². The van der Waals surface area contributed by atoms with E-state index in [0.717, 1.165) is 6.07 Å². The first-order valence-corrected chi connectivity index (χ1v) is 6.64. The third kappa shape index (κ3) is 4.35. The zero-order valence-electron chi connectivity index (χ0n) is 12.0. The molecule has 0 atom stereocenters. The van der Waals surface area contributed by atoms with Gasteiger partial charge in [-0.25, -0.2) is 0 Å². The molecule has 4 nitrogen and oxygen atoms in total. The molecular weight excluding hydrogens is 285 g/mol. The fraction of sp³-hybridized carbons (Fsp3) is 0.500. The Balaban J connectivity index is 3.00. The summed E-state index contributed by atoms with van der Waals surface area (Å²) >= 11 is 0. The highest BCUT2D eigenvalue weighted by molar-refractivity contribution is 5.96. The molecule has 1 amide bonds. The van der Waals surface area contributed by atoms with Crippen LogP contribution >= 0.6 is 0 Å². The quantitative estimate of drug-likeness (QED) is 0.847. The largest absolute Gasteiger partial charge is 0.573 e. The number of hydrogen-bond donors (Lipinski definition) is 2. The summed E-state index contributed by atoms with van der Waals surface area (Å²) in [6.45, 7) is 3.75. The molecule has 118 valence electrons. The second-order valence-corrected chi connectivity index (χ2v) is 4.69. The molecule has 0 aliphatic carbocycles. The van der Waals surface area contributed by atoms with Crippen LogP contribution in [0.15, 0.2) is 24.3 Å². The summed E-state index contributed by atoms with van der Waals surface area (Å²) in [5, 5.41) is 2.48. The van der Waals surface area contributed by atoms with Crippen molar-refractivity contribution in [1.82, 2.24) is 0 Å². The zero-order valence-corrected chi connectivity index (χ0v) is 12.0. The maximum absolute atomic E-state index is 12.3. The van der Waals surface area contributed by atoms with Gasteiger partial charge in [0, 0.05) is 6.54 Å². The molecule has 0 unspecified atom stereocenters. The zero-order chi connectivity index (χ0) is 16.1. The normalized spacial score (nSPS) is 12.1. The van der Waals surface area contributed by atoms with Gasteiger partial charge < -0.3 is 15.8 Å². The van der Waals surface area contributed by atoms with Crippen molar-refractivity contribution in [2.45, 2.75) is 33.1 Å². The minimum absolute atomic E-state index is 0.0282. The number of carbonyl (C=O) groups excluding carboxylic acids is 1. The molecule has 0 saturated heterocycles. The van der Waals surface area contributed by atoms with Gasteiger partial charge in [-0.3, -0.25) is 4.79 Å². The summed E-state index contributed by atoms with van der Waals surface area (Å²) in [6.07, 6.45) is -3.83. The number of alkyl halides is 3. The molecule has 3 N–H and O–H groups in total. The maximum atomic E-state index is 12.3. The van der Waals surface area contributed by atoms with E-state index in [1.54, 1.807) is 0 Å². The molecule has 7 heteroatoms. The lowest BCUT2D eigenvalue weighted by Crippen LogP contribution is -2.41. The SMILES string of the molecule is CCC(CC)(CN)C(=O)Nc1ccccc1OC(F)(F)F. The number of benzene rings is 1. The van der Waals surface area contributed by atoms with Crippen molar-refractivity contribution in [1.29, 1.82) is 0 Å². The summed E-state index contributed by atoms with van der Waals surface area (Å²) < 4.78 is 40.9. The summed E-state index contributed by atoms with van der Waals surface area (Å²) in [4.78, 5) is 12.3. The maximum Gasteiger partial charge on any atom is 0.573 e. The van der Waals surface area contributed by atoms with Crippen LogP contribution in [-0.2, 0) is 4.79 Å². The van der Waals surface area contributed by atoms with Crippen molar-refractivity contribution >= 4 is 11.6 Å². The topological polar surface area (TPSA) is 64.4 Å². The number of nitrogens with two attached hydrogens (primary N) is 1.